The molecular formula is C38H43N3O3. The molecular weight excluding hydrogens is 546 g/mol. The molecule has 4 aromatic carbocycles. The van der Waals surface area contributed by atoms with Crippen LogP contribution in [0.15, 0.2) is 72.8 Å². The minimum atomic E-state index is -0.329. The second-order valence-electron chi connectivity index (χ2n) is 12.3. The molecule has 6 heteroatoms. The molecule has 44 heavy (non-hydrogen) atoms. The SMILES string of the molecule is Cc1cc(C2(c3cc(C)c(NC(=O)c4c(C)cccc4C)c(C)c3)CCN(C(=O)OCc3ccccc3)CC2)cc(C)c1N. The summed E-state index contributed by atoms with van der Waals surface area (Å²) in [5.74, 6) is -0.0960. The molecule has 1 saturated heterocycles. The number of anilines is 2. The number of amides is 2. The largest absolute Gasteiger partial charge is 0.445 e. The van der Waals surface area contributed by atoms with Crippen LogP contribution in [0.1, 0.15) is 73.3 Å². The highest BCUT2D eigenvalue weighted by molar-refractivity contribution is 6.07. The third kappa shape index (κ3) is 6.07. The number of hydrogen-bond acceptors (Lipinski definition) is 4. The number of nitrogens with zero attached hydrogens (tertiary/aromatic N) is 1. The fourth-order valence-electron chi connectivity index (χ4n) is 6.66. The molecule has 0 unspecified atom stereocenters. The van der Waals surface area contributed by atoms with E-state index in [0.29, 0.717) is 18.7 Å². The van der Waals surface area contributed by atoms with Crippen molar-refractivity contribution in [3.8, 4) is 0 Å². The maximum absolute atomic E-state index is 13.4. The first-order valence-electron chi connectivity index (χ1n) is 15.3. The van der Waals surface area contributed by atoms with Crippen LogP contribution in [0.3, 0.4) is 0 Å². The zero-order valence-corrected chi connectivity index (χ0v) is 26.7. The van der Waals surface area contributed by atoms with Crippen molar-refractivity contribution in [1.29, 1.82) is 0 Å². The monoisotopic (exact) mass is 589 g/mol. The van der Waals surface area contributed by atoms with Gasteiger partial charge in [-0.3, -0.25) is 4.79 Å². The van der Waals surface area contributed by atoms with E-state index in [9.17, 15) is 9.59 Å². The van der Waals surface area contributed by atoms with Crippen LogP contribution in [-0.2, 0) is 16.8 Å². The van der Waals surface area contributed by atoms with E-state index in [-0.39, 0.29) is 24.0 Å². The van der Waals surface area contributed by atoms with E-state index < -0.39 is 0 Å². The molecule has 1 heterocycles. The standard InChI is InChI=1S/C38H43N3O3/c1-24-11-10-12-25(2)33(24)36(42)40-35-28(5)21-32(22-29(35)6)38(31-19-26(3)34(39)27(4)20-31)15-17-41(18-16-38)37(43)44-23-30-13-8-7-9-14-30/h7-14,19-22H,15-18,23,39H2,1-6H3,(H,40,42). The van der Waals surface area contributed by atoms with Gasteiger partial charge in [-0.2, -0.15) is 0 Å². The molecule has 3 N–H and O–H groups in total. The number of ether oxygens (including phenoxy) is 1. The molecule has 0 aromatic heterocycles. The highest BCUT2D eigenvalue weighted by Gasteiger charge is 2.40. The molecule has 1 aliphatic heterocycles. The van der Waals surface area contributed by atoms with Crippen molar-refractivity contribution in [2.75, 3.05) is 24.1 Å². The number of nitrogens with two attached hydrogens (primary N) is 1. The highest BCUT2D eigenvalue weighted by Crippen LogP contribution is 2.45. The Balaban J connectivity index is 1.45. The minimum absolute atomic E-state index is 0.0960. The average Bonchev–Trinajstić information content (AvgIpc) is 3.00. The van der Waals surface area contributed by atoms with E-state index in [1.807, 2.05) is 67.3 Å². The fraction of sp³-hybridized carbons (Fsp3) is 0.316. The second-order valence-corrected chi connectivity index (χ2v) is 12.3. The third-order valence-corrected chi connectivity index (χ3v) is 9.26. The number of aryl methyl sites for hydroxylation is 6. The number of carbonyl (C=O) groups is 2. The highest BCUT2D eigenvalue weighted by atomic mass is 16.6. The summed E-state index contributed by atoms with van der Waals surface area (Å²) in [6.45, 7) is 13.5. The summed E-state index contributed by atoms with van der Waals surface area (Å²) < 4.78 is 5.68. The summed E-state index contributed by atoms with van der Waals surface area (Å²) in [7, 11) is 0. The lowest BCUT2D eigenvalue weighted by molar-refractivity contribution is 0.0813. The van der Waals surface area contributed by atoms with Gasteiger partial charge in [0.1, 0.15) is 6.61 Å². The maximum Gasteiger partial charge on any atom is 0.410 e. The van der Waals surface area contributed by atoms with Crippen molar-refractivity contribution < 1.29 is 14.3 Å². The van der Waals surface area contributed by atoms with Crippen LogP contribution in [0.2, 0.25) is 0 Å². The molecule has 1 fully saturated rings. The van der Waals surface area contributed by atoms with Gasteiger partial charge in [0, 0.05) is 35.4 Å². The van der Waals surface area contributed by atoms with Crippen molar-refractivity contribution in [2.45, 2.75) is 66.4 Å². The molecule has 0 radical (unpaired) electrons. The van der Waals surface area contributed by atoms with Crippen molar-refractivity contribution in [1.82, 2.24) is 4.90 Å². The first-order chi connectivity index (χ1) is 21.0. The van der Waals surface area contributed by atoms with E-state index >= 15 is 0 Å². The predicted molar refractivity (Wildman–Crippen MR) is 178 cm³/mol. The Bertz CT molecular complexity index is 1640. The van der Waals surface area contributed by atoms with Crippen molar-refractivity contribution in [3.05, 3.63) is 128 Å². The Labute approximate surface area is 261 Å². The zero-order valence-electron chi connectivity index (χ0n) is 26.7. The normalized spacial score (nSPS) is 14.3. The third-order valence-electron chi connectivity index (χ3n) is 9.26. The molecule has 0 aliphatic carbocycles. The van der Waals surface area contributed by atoms with Gasteiger partial charge >= 0.3 is 6.09 Å². The number of likely N-dealkylation sites (tertiary alicyclic amines) is 1. The van der Waals surface area contributed by atoms with Crippen LogP contribution in [0, 0.1) is 41.5 Å². The van der Waals surface area contributed by atoms with E-state index in [1.165, 1.54) is 11.1 Å². The van der Waals surface area contributed by atoms with Gasteiger partial charge in [-0.15, -0.1) is 0 Å². The number of piperidine rings is 1. The van der Waals surface area contributed by atoms with Gasteiger partial charge in [-0.25, -0.2) is 4.79 Å². The molecule has 0 saturated carbocycles. The van der Waals surface area contributed by atoms with E-state index in [4.69, 9.17) is 10.5 Å². The Kier molecular flexibility index (Phi) is 8.82. The molecule has 2 amide bonds. The van der Waals surface area contributed by atoms with Crippen molar-refractivity contribution in [2.24, 2.45) is 0 Å². The Morgan fingerprint density at radius 3 is 1.82 bits per heavy atom. The van der Waals surface area contributed by atoms with Crippen molar-refractivity contribution in [3.63, 3.8) is 0 Å². The summed E-state index contributed by atoms with van der Waals surface area (Å²) in [6, 6.07) is 24.5. The van der Waals surface area contributed by atoms with Crippen LogP contribution in [-0.4, -0.2) is 30.0 Å². The zero-order chi connectivity index (χ0) is 31.6. The Hall–Kier alpha value is -4.58. The Morgan fingerprint density at radius 2 is 1.27 bits per heavy atom. The second kappa shape index (κ2) is 12.6. The van der Waals surface area contributed by atoms with Gasteiger partial charge in [-0.1, -0.05) is 72.8 Å². The van der Waals surface area contributed by atoms with Crippen LogP contribution >= 0.6 is 0 Å². The van der Waals surface area contributed by atoms with Gasteiger partial charge in [-0.05, 0) is 104 Å². The van der Waals surface area contributed by atoms with Crippen LogP contribution in [0.4, 0.5) is 16.2 Å². The van der Waals surface area contributed by atoms with Crippen LogP contribution < -0.4 is 11.1 Å². The fourth-order valence-corrected chi connectivity index (χ4v) is 6.66. The maximum atomic E-state index is 13.4. The molecule has 5 rings (SSSR count). The van der Waals surface area contributed by atoms with E-state index in [2.05, 4.69) is 57.3 Å². The number of rotatable bonds is 6. The molecule has 0 atom stereocenters. The molecule has 6 nitrogen and oxygen atoms in total. The summed E-state index contributed by atoms with van der Waals surface area (Å²) in [5.41, 5.74) is 17.8. The number of nitrogen functional groups attached to an aromatic ring is 1. The topological polar surface area (TPSA) is 84.7 Å². The van der Waals surface area contributed by atoms with Crippen LogP contribution in [0.5, 0.6) is 0 Å². The number of carbonyl (C=O) groups excluding carboxylic acids is 2. The number of hydrogen-bond donors (Lipinski definition) is 2. The summed E-state index contributed by atoms with van der Waals surface area (Å²) in [4.78, 5) is 28.3. The first-order valence-corrected chi connectivity index (χ1v) is 15.3. The lowest BCUT2D eigenvalue weighted by atomic mass is 9.67. The van der Waals surface area contributed by atoms with E-state index in [0.717, 1.165) is 63.2 Å². The first kappa shape index (κ1) is 30.9. The lowest BCUT2D eigenvalue weighted by Gasteiger charge is -2.43. The molecule has 0 bridgehead atoms. The molecule has 0 spiro atoms. The quantitative estimate of drug-likeness (QED) is 0.223. The van der Waals surface area contributed by atoms with Crippen LogP contribution in [0.25, 0.3) is 0 Å². The molecule has 4 aromatic rings. The van der Waals surface area contributed by atoms with Crippen molar-refractivity contribution >= 4 is 23.4 Å². The summed E-state index contributed by atoms with van der Waals surface area (Å²) in [6.07, 6.45) is 1.19. The smallest absolute Gasteiger partial charge is 0.410 e. The van der Waals surface area contributed by atoms with E-state index in [1.54, 1.807) is 0 Å². The summed E-state index contributed by atoms with van der Waals surface area (Å²) >= 11 is 0. The van der Waals surface area contributed by atoms with Gasteiger partial charge in [0.05, 0.1) is 0 Å². The number of benzene rings is 4. The van der Waals surface area contributed by atoms with Gasteiger partial charge in [0.2, 0.25) is 0 Å². The van der Waals surface area contributed by atoms with Gasteiger partial charge < -0.3 is 20.7 Å². The Morgan fingerprint density at radius 1 is 0.750 bits per heavy atom. The van der Waals surface area contributed by atoms with Gasteiger partial charge in [0.25, 0.3) is 5.91 Å². The molecule has 1 aliphatic rings. The number of nitrogens with one attached hydrogen (secondary N) is 1. The summed E-state index contributed by atoms with van der Waals surface area (Å²) in [5, 5.41) is 3.21. The lowest BCUT2D eigenvalue weighted by Crippen LogP contribution is -2.46. The molecule has 228 valence electrons. The van der Waals surface area contributed by atoms with Gasteiger partial charge in [0.15, 0.2) is 0 Å². The average molecular weight is 590 g/mol. The minimum Gasteiger partial charge on any atom is -0.445 e. The predicted octanol–water partition coefficient (Wildman–Crippen LogP) is 8.09.